The van der Waals surface area contributed by atoms with Gasteiger partial charge < -0.3 is 25.0 Å². The normalized spacial score (nSPS) is 13.3. The van der Waals surface area contributed by atoms with Crippen LogP contribution in [0.2, 0.25) is 5.02 Å². The largest absolute Gasteiger partial charge is 0.493 e. The molecule has 2 aromatic carbocycles. The topological polar surface area (TPSA) is 79.9 Å². The first-order chi connectivity index (χ1) is 15.5. The van der Waals surface area contributed by atoms with Gasteiger partial charge in [0.25, 0.3) is 5.91 Å². The van der Waals surface area contributed by atoms with Crippen molar-refractivity contribution >= 4 is 29.1 Å². The zero-order valence-electron chi connectivity index (χ0n) is 18.6. The van der Waals surface area contributed by atoms with E-state index in [0.29, 0.717) is 35.2 Å². The van der Waals surface area contributed by atoms with E-state index < -0.39 is 0 Å². The van der Waals surface area contributed by atoms with Gasteiger partial charge in [0.2, 0.25) is 5.91 Å². The number of ether oxygens (including phenoxy) is 2. The summed E-state index contributed by atoms with van der Waals surface area (Å²) in [6.07, 6.45) is 2.52. The van der Waals surface area contributed by atoms with Gasteiger partial charge in [0, 0.05) is 42.8 Å². The molecule has 2 aromatic rings. The number of aryl methyl sites for hydroxylation is 1. The molecule has 1 saturated heterocycles. The van der Waals surface area contributed by atoms with Crippen molar-refractivity contribution in [3.05, 3.63) is 52.5 Å². The van der Waals surface area contributed by atoms with Gasteiger partial charge in [-0.25, -0.2) is 0 Å². The van der Waals surface area contributed by atoms with Crippen LogP contribution in [0.1, 0.15) is 30.4 Å². The van der Waals surface area contributed by atoms with Crippen LogP contribution >= 0.6 is 11.6 Å². The van der Waals surface area contributed by atoms with E-state index in [2.05, 4.69) is 10.6 Å². The van der Waals surface area contributed by atoms with Crippen LogP contribution < -0.4 is 20.1 Å². The predicted octanol–water partition coefficient (Wildman–Crippen LogP) is 3.78. The zero-order chi connectivity index (χ0) is 22.9. The molecular formula is C24H30ClN3O4. The number of methoxy groups -OCH3 is 1. The molecule has 0 saturated carbocycles. The number of nitrogens with zero attached hydrogens (tertiary/aromatic N) is 1. The van der Waals surface area contributed by atoms with Crippen LogP contribution in [0, 0.1) is 6.92 Å². The van der Waals surface area contributed by atoms with Crippen LogP contribution in [0.15, 0.2) is 36.4 Å². The lowest BCUT2D eigenvalue weighted by Gasteiger charge is -2.16. The van der Waals surface area contributed by atoms with Gasteiger partial charge in [0.05, 0.1) is 7.11 Å². The quantitative estimate of drug-likeness (QED) is 0.500. The lowest BCUT2D eigenvalue weighted by Crippen LogP contribution is -2.28. The molecule has 3 rings (SSSR count). The number of halogens is 1. The number of carbonyl (C=O) groups is 2. The maximum atomic E-state index is 12.2. The van der Waals surface area contributed by atoms with Crippen molar-refractivity contribution in [1.29, 1.82) is 0 Å². The molecule has 1 aliphatic rings. The lowest BCUT2D eigenvalue weighted by molar-refractivity contribution is -0.127. The van der Waals surface area contributed by atoms with E-state index >= 15 is 0 Å². The molecule has 8 heteroatoms. The van der Waals surface area contributed by atoms with E-state index in [1.807, 2.05) is 42.2 Å². The molecule has 1 aliphatic heterocycles. The van der Waals surface area contributed by atoms with Crippen LogP contribution in [0.5, 0.6) is 11.5 Å². The highest BCUT2D eigenvalue weighted by Gasteiger charge is 2.19. The maximum Gasteiger partial charge on any atom is 0.262 e. The molecule has 172 valence electrons. The summed E-state index contributed by atoms with van der Waals surface area (Å²) < 4.78 is 11.1. The number of amides is 2. The summed E-state index contributed by atoms with van der Waals surface area (Å²) in [6, 6.07) is 11.0. The van der Waals surface area contributed by atoms with Crippen molar-refractivity contribution in [2.45, 2.75) is 32.7 Å². The highest BCUT2D eigenvalue weighted by molar-refractivity contribution is 6.31. The summed E-state index contributed by atoms with van der Waals surface area (Å²) in [4.78, 5) is 25.8. The number of anilines is 1. The Morgan fingerprint density at radius 2 is 1.97 bits per heavy atom. The Balaban J connectivity index is 1.47. The molecule has 0 unspecified atom stereocenters. The number of benzene rings is 2. The molecule has 0 aliphatic carbocycles. The van der Waals surface area contributed by atoms with Crippen molar-refractivity contribution in [1.82, 2.24) is 10.2 Å². The Bertz CT molecular complexity index is 934. The smallest absolute Gasteiger partial charge is 0.262 e. The number of carbonyl (C=O) groups excluding carboxylic acids is 2. The monoisotopic (exact) mass is 459 g/mol. The highest BCUT2D eigenvalue weighted by atomic mass is 35.5. The number of hydrogen-bond acceptors (Lipinski definition) is 5. The Morgan fingerprint density at radius 1 is 1.19 bits per heavy atom. The highest BCUT2D eigenvalue weighted by Crippen LogP contribution is 2.33. The molecule has 0 atom stereocenters. The second-order valence-corrected chi connectivity index (χ2v) is 8.22. The van der Waals surface area contributed by atoms with Crippen molar-refractivity contribution < 1.29 is 19.1 Å². The van der Waals surface area contributed by atoms with Gasteiger partial charge in [-0.05, 0) is 50.1 Å². The van der Waals surface area contributed by atoms with Gasteiger partial charge in [0.15, 0.2) is 18.1 Å². The molecule has 2 amide bonds. The first-order valence-electron chi connectivity index (χ1n) is 10.8. The standard InChI is InChI=1S/C24H30ClN3O4/c1-17-6-8-19(9-7-17)27-23(29)16-32-22-14-20(25)18(13-21(22)31-2)15-26-10-4-12-28-11-3-5-24(28)30/h6-9,13-14,26H,3-5,10-12,15-16H2,1-2H3,(H,27,29). The zero-order valence-corrected chi connectivity index (χ0v) is 19.3. The first kappa shape index (κ1) is 23.9. The Labute approximate surface area is 194 Å². The third-order valence-corrected chi connectivity index (χ3v) is 5.65. The van der Waals surface area contributed by atoms with E-state index in [0.717, 1.165) is 43.6 Å². The van der Waals surface area contributed by atoms with E-state index in [1.165, 1.54) is 0 Å². The molecule has 7 nitrogen and oxygen atoms in total. The van der Waals surface area contributed by atoms with Crippen molar-refractivity contribution in [2.75, 3.05) is 38.7 Å². The van der Waals surface area contributed by atoms with Crippen LogP contribution in [0.25, 0.3) is 0 Å². The van der Waals surface area contributed by atoms with Gasteiger partial charge in [0.1, 0.15) is 0 Å². The summed E-state index contributed by atoms with van der Waals surface area (Å²) in [5.74, 6) is 0.903. The van der Waals surface area contributed by atoms with Gasteiger partial charge >= 0.3 is 0 Å². The average Bonchev–Trinajstić information content (AvgIpc) is 3.19. The third-order valence-electron chi connectivity index (χ3n) is 5.30. The van der Waals surface area contributed by atoms with E-state index in [9.17, 15) is 9.59 Å². The molecule has 32 heavy (non-hydrogen) atoms. The Hall–Kier alpha value is -2.77. The minimum Gasteiger partial charge on any atom is -0.493 e. The van der Waals surface area contributed by atoms with E-state index in [1.54, 1.807) is 13.2 Å². The summed E-state index contributed by atoms with van der Waals surface area (Å²) in [5, 5.41) is 6.67. The number of likely N-dealkylation sites (tertiary alicyclic amines) is 1. The number of nitrogens with one attached hydrogen (secondary N) is 2. The molecule has 1 fully saturated rings. The second kappa shape index (κ2) is 11.7. The van der Waals surface area contributed by atoms with Crippen LogP contribution in [-0.4, -0.2) is 50.1 Å². The van der Waals surface area contributed by atoms with E-state index in [-0.39, 0.29) is 18.4 Å². The van der Waals surface area contributed by atoms with Crippen molar-refractivity contribution in [3.63, 3.8) is 0 Å². The molecule has 0 spiro atoms. The molecule has 1 heterocycles. The van der Waals surface area contributed by atoms with Gasteiger partial charge in [-0.1, -0.05) is 29.3 Å². The van der Waals surface area contributed by atoms with Crippen LogP contribution in [0.3, 0.4) is 0 Å². The Morgan fingerprint density at radius 3 is 2.66 bits per heavy atom. The average molecular weight is 460 g/mol. The molecule has 0 bridgehead atoms. The third kappa shape index (κ3) is 6.87. The maximum absolute atomic E-state index is 12.2. The predicted molar refractivity (Wildman–Crippen MR) is 125 cm³/mol. The molecule has 2 N–H and O–H groups in total. The number of rotatable bonds is 11. The summed E-state index contributed by atoms with van der Waals surface area (Å²) >= 11 is 6.42. The van der Waals surface area contributed by atoms with Gasteiger partial charge in [-0.15, -0.1) is 0 Å². The van der Waals surface area contributed by atoms with E-state index in [4.69, 9.17) is 21.1 Å². The summed E-state index contributed by atoms with van der Waals surface area (Å²) in [7, 11) is 1.55. The second-order valence-electron chi connectivity index (χ2n) is 7.81. The molecular weight excluding hydrogens is 430 g/mol. The fourth-order valence-corrected chi connectivity index (χ4v) is 3.74. The summed E-state index contributed by atoms with van der Waals surface area (Å²) in [5.41, 5.74) is 2.71. The fourth-order valence-electron chi connectivity index (χ4n) is 3.52. The van der Waals surface area contributed by atoms with Gasteiger partial charge in [-0.2, -0.15) is 0 Å². The fraction of sp³-hybridized carbons (Fsp3) is 0.417. The minimum atomic E-state index is -0.269. The Kier molecular flexibility index (Phi) is 8.76. The van der Waals surface area contributed by atoms with Crippen LogP contribution in [-0.2, 0) is 16.1 Å². The minimum absolute atomic E-state index is 0.159. The SMILES string of the molecule is COc1cc(CNCCCN2CCCC2=O)c(Cl)cc1OCC(=O)Nc1ccc(C)cc1. The number of hydrogen-bond donors (Lipinski definition) is 2. The first-order valence-corrected chi connectivity index (χ1v) is 11.2. The lowest BCUT2D eigenvalue weighted by atomic mass is 10.2. The van der Waals surface area contributed by atoms with Gasteiger partial charge in [-0.3, -0.25) is 9.59 Å². The van der Waals surface area contributed by atoms with Crippen LogP contribution in [0.4, 0.5) is 5.69 Å². The molecule has 0 radical (unpaired) electrons. The summed E-state index contributed by atoms with van der Waals surface area (Å²) in [6.45, 7) is 4.82. The van der Waals surface area contributed by atoms with Crippen molar-refractivity contribution in [2.24, 2.45) is 0 Å². The van der Waals surface area contributed by atoms with Crippen molar-refractivity contribution in [3.8, 4) is 11.5 Å². The molecule has 0 aromatic heterocycles.